The second-order valence-corrected chi connectivity index (χ2v) is 12.1. The summed E-state index contributed by atoms with van der Waals surface area (Å²) in [5.74, 6) is 0.543. The summed E-state index contributed by atoms with van der Waals surface area (Å²) in [6.07, 6.45) is 2.24. The molecule has 0 spiro atoms. The summed E-state index contributed by atoms with van der Waals surface area (Å²) in [4.78, 5) is 4.63. The van der Waals surface area contributed by atoms with Crippen LogP contribution < -0.4 is 15.4 Å². The number of aromatic nitrogens is 3. The van der Waals surface area contributed by atoms with Crippen molar-refractivity contribution in [1.82, 2.24) is 24.6 Å². The molecule has 37 heavy (non-hydrogen) atoms. The number of sulfonamides is 1. The van der Waals surface area contributed by atoms with Gasteiger partial charge < -0.3 is 15.7 Å². The Labute approximate surface area is 217 Å². The van der Waals surface area contributed by atoms with Gasteiger partial charge >= 0.3 is 0 Å². The van der Waals surface area contributed by atoms with Gasteiger partial charge in [0.25, 0.3) is 0 Å². The summed E-state index contributed by atoms with van der Waals surface area (Å²) in [5.41, 5.74) is 3.63. The molecule has 0 bridgehead atoms. The smallest absolute Gasteiger partial charge is 0.245 e. The number of anilines is 2. The van der Waals surface area contributed by atoms with Gasteiger partial charge in [-0.2, -0.15) is 0 Å². The summed E-state index contributed by atoms with van der Waals surface area (Å²) in [6, 6.07) is 18.6. The van der Waals surface area contributed by atoms with Gasteiger partial charge in [0.15, 0.2) is 0 Å². The summed E-state index contributed by atoms with van der Waals surface area (Å²) < 4.78 is 30.2. The highest BCUT2D eigenvalue weighted by Crippen LogP contribution is 2.28. The molecule has 0 amide bonds. The zero-order valence-corrected chi connectivity index (χ0v) is 22.0. The zero-order valence-electron chi connectivity index (χ0n) is 21.1. The third kappa shape index (κ3) is 5.67. The number of piperidine rings is 1. The molecule has 2 atom stereocenters. The Kier molecular flexibility index (Phi) is 6.76. The molecule has 3 heterocycles. The van der Waals surface area contributed by atoms with Gasteiger partial charge in [-0.05, 0) is 75.7 Å². The van der Waals surface area contributed by atoms with Crippen LogP contribution in [0.3, 0.4) is 0 Å². The first-order valence-corrected chi connectivity index (χ1v) is 13.8. The highest BCUT2D eigenvalue weighted by atomic mass is 32.2. The van der Waals surface area contributed by atoms with Crippen molar-refractivity contribution in [2.24, 2.45) is 0 Å². The van der Waals surface area contributed by atoms with Gasteiger partial charge in [0.05, 0.1) is 28.4 Å². The summed E-state index contributed by atoms with van der Waals surface area (Å²) >= 11 is 0. The van der Waals surface area contributed by atoms with E-state index in [4.69, 9.17) is 0 Å². The van der Waals surface area contributed by atoms with Crippen molar-refractivity contribution in [1.29, 1.82) is 0 Å². The van der Waals surface area contributed by atoms with E-state index in [-0.39, 0.29) is 16.9 Å². The molecule has 1 aliphatic rings. The molecule has 1 saturated heterocycles. The minimum Gasteiger partial charge on any atom is -0.391 e. The van der Waals surface area contributed by atoms with Gasteiger partial charge in [-0.1, -0.05) is 24.3 Å². The molecule has 0 radical (unpaired) electrons. The lowest BCUT2D eigenvalue weighted by atomic mass is 9.88. The number of aliphatic hydroxyl groups is 1. The number of fused-ring (bicyclic) bond motifs is 1. The van der Waals surface area contributed by atoms with Crippen LogP contribution in [0.1, 0.15) is 38.7 Å². The fourth-order valence-corrected chi connectivity index (χ4v) is 6.10. The highest BCUT2D eigenvalue weighted by Gasteiger charge is 2.24. The van der Waals surface area contributed by atoms with E-state index in [1.54, 1.807) is 28.9 Å². The highest BCUT2D eigenvalue weighted by molar-refractivity contribution is 7.89. The Morgan fingerprint density at radius 1 is 1.08 bits per heavy atom. The van der Waals surface area contributed by atoms with Crippen molar-refractivity contribution >= 4 is 27.2 Å². The van der Waals surface area contributed by atoms with Gasteiger partial charge in [-0.15, -0.1) is 5.10 Å². The topological polar surface area (TPSA) is 121 Å². The van der Waals surface area contributed by atoms with Crippen LogP contribution in [0.4, 0.5) is 11.6 Å². The van der Waals surface area contributed by atoms with Crippen LogP contribution in [0.15, 0.2) is 71.8 Å². The molecular formula is C27H32N6O3S. The van der Waals surface area contributed by atoms with Crippen molar-refractivity contribution in [2.45, 2.75) is 49.6 Å². The third-order valence-corrected chi connectivity index (χ3v) is 8.08. The normalized spacial score (nSPS) is 18.7. The number of β-amino-alcohol motifs (C(OH)–C–C–N with tert-alkyl or cyclic N) is 1. The quantitative estimate of drug-likeness (QED) is 0.306. The Morgan fingerprint density at radius 2 is 1.86 bits per heavy atom. The van der Waals surface area contributed by atoms with E-state index in [0.717, 1.165) is 41.0 Å². The molecule has 2 aromatic heterocycles. The molecule has 194 valence electrons. The van der Waals surface area contributed by atoms with Gasteiger partial charge in [-0.3, -0.25) is 0 Å². The van der Waals surface area contributed by atoms with Gasteiger partial charge in [-0.25, -0.2) is 22.6 Å². The minimum absolute atomic E-state index is 0.128. The summed E-state index contributed by atoms with van der Waals surface area (Å²) in [7, 11) is -3.67. The van der Waals surface area contributed by atoms with E-state index < -0.39 is 15.6 Å². The van der Waals surface area contributed by atoms with Crippen LogP contribution in [0.2, 0.25) is 0 Å². The maximum absolute atomic E-state index is 12.9. The first-order valence-electron chi connectivity index (χ1n) is 12.3. The molecule has 2 unspecified atom stereocenters. The molecule has 5 rings (SSSR count). The van der Waals surface area contributed by atoms with Gasteiger partial charge in [0.2, 0.25) is 16.0 Å². The molecule has 2 aromatic carbocycles. The van der Waals surface area contributed by atoms with Crippen molar-refractivity contribution in [3.63, 3.8) is 0 Å². The van der Waals surface area contributed by atoms with E-state index >= 15 is 0 Å². The van der Waals surface area contributed by atoms with Crippen LogP contribution in [0, 0.1) is 0 Å². The zero-order chi connectivity index (χ0) is 26.2. The molecule has 9 nitrogen and oxygen atoms in total. The first-order chi connectivity index (χ1) is 17.6. The summed E-state index contributed by atoms with van der Waals surface area (Å²) in [5, 5.41) is 21.4. The first kappa shape index (κ1) is 25.3. The van der Waals surface area contributed by atoms with Crippen LogP contribution in [-0.4, -0.2) is 52.9 Å². The molecule has 0 aliphatic carbocycles. The Bertz CT molecular complexity index is 1510. The lowest BCUT2D eigenvalue weighted by molar-refractivity contribution is 0.118. The molecular weight excluding hydrogens is 488 g/mol. The third-order valence-electron chi connectivity index (χ3n) is 6.32. The van der Waals surface area contributed by atoms with Gasteiger partial charge in [0.1, 0.15) is 0 Å². The maximum Gasteiger partial charge on any atom is 0.245 e. The monoisotopic (exact) mass is 520 g/mol. The van der Waals surface area contributed by atoms with Gasteiger partial charge in [0, 0.05) is 29.3 Å². The molecule has 1 aliphatic heterocycles. The largest absolute Gasteiger partial charge is 0.391 e. The van der Waals surface area contributed by atoms with Crippen LogP contribution in [0.25, 0.3) is 16.8 Å². The molecule has 4 N–H and O–H groups in total. The molecule has 0 saturated carbocycles. The van der Waals surface area contributed by atoms with E-state index in [2.05, 4.69) is 25.4 Å². The van der Waals surface area contributed by atoms with E-state index in [0.29, 0.717) is 12.5 Å². The lowest BCUT2D eigenvalue weighted by Crippen LogP contribution is -2.40. The average Bonchev–Trinajstić information content (AvgIpc) is 3.27. The fourth-order valence-electron chi connectivity index (χ4n) is 4.64. The Hall–Kier alpha value is -3.31. The number of hydrogen-bond acceptors (Lipinski definition) is 7. The van der Waals surface area contributed by atoms with Crippen LogP contribution >= 0.6 is 0 Å². The number of nitrogens with zero attached hydrogens (tertiary/aromatic N) is 3. The van der Waals surface area contributed by atoms with Crippen molar-refractivity contribution in [3.8, 4) is 11.3 Å². The SMILES string of the molecule is CC(C)(C)NS(=O)(=O)c1cccc(-c2ccc3cnc(Nc4ccc(C5CCNCC5O)cc4)nn23)c1. The second kappa shape index (κ2) is 9.86. The fraction of sp³-hybridized carbons (Fsp3) is 0.333. The molecule has 4 aromatic rings. The average molecular weight is 521 g/mol. The predicted octanol–water partition coefficient (Wildman–Crippen LogP) is 3.65. The Balaban J connectivity index is 1.40. The number of hydrogen-bond donors (Lipinski definition) is 4. The summed E-state index contributed by atoms with van der Waals surface area (Å²) in [6.45, 7) is 6.94. The number of rotatable bonds is 6. The number of nitrogens with one attached hydrogen (secondary N) is 3. The van der Waals surface area contributed by atoms with E-state index in [1.807, 2.05) is 63.2 Å². The van der Waals surface area contributed by atoms with Crippen LogP contribution in [0.5, 0.6) is 0 Å². The standard InChI is InChI=1S/C27H32N6O3S/c1-27(2,3)32-37(35,36)22-6-4-5-19(15-22)24-12-11-21-16-29-26(31-33(21)24)30-20-9-7-18(8-10-20)23-13-14-28-17-25(23)34/h4-12,15-16,23,25,28,32,34H,13-14,17H2,1-3H3,(H,30,31). The van der Waals surface area contributed by atoms with Crippen molar-refractivity contribution < 1.29 is 13.5 Å². The van der Waals surface area contributed by atoms with E-state index in [1.165, 1.54) is 0 Å². The lowest BCUT2D eigenvalue weighted by Gasteiger charge is -2.28. The van der Waals surface area contributed by atoms with Crippen LogP contribution in [-0.2, 0) is 10.0 Å². The Morgan fingerprint density at radius 3 is 2.59 bits per heavy atom. The number of benzene rings is 2. The second-order valence-electron chi connectivity index (χ2n) is 10.4. The van der Waals surface area contributed by atoms with Crippen molar-refractivity contribution in [2.75, 3.05) is 18.4 Å². The minimum atomic E-state index is -3.67. The molecule has 10 heteroatoms. The van der Waals surface area contributed by atoms with Crippen molar-refractivity contribution in [3.05, 3.63) is 72.4 Å². The molecule has 1 fully saturated rings. The maximum atomic E-state index is 12.9. The number of aliphatic hydroxyl groups excluding tert-OH is 1. The van der Waals surface area contributed by atoms with E-state index in [9.17, 15) is 13.5 Å². The predicted molar refractivity (Wildman–Crippen MR) is 144 cm³/mol.